The van der Waals surface area contributed by atoms with E-state index in [4.69, 9.17) is 25.8 Å². The topological polar surface area (TPSA) is 192 Å². The molecule has 15 nitrogen and oxygen atoms in total. The van der Waals surface area contributed by atoms with Crippen molar-refractivity contribution in [1.29, 1.82) is 0 Å². The van der Waals surface area contributed by atoms with E-state index in [1.807, 2.05) is 71.9 Å². The van der Waals surface area contributed by atoms with E-state index in [0.717, 1.165) is 42.4 Å². The number of carbonyl (C=O) groups excluding carboxylic acids is 7. The molecule has 0 radical (unpaired) electrons. The molecular weight excluding hydrogens is 912 g/mol. The molecule has 1 saturated carbocycles. The molecule has 2 N–H and O–H groups in total. The lowest BCUT2D eigenvalue weighted by Crippen LogP contribution is -2.60. The summed E-state index contributed by atoms with van der Waals surface area (Å²) < 4.78 is 17.7. The van der Waals surface area contributed by atoms with Gasteiger partial charge < -0.3 is 29.1 Å². The molecule has 1 aliphatic carbocycles. The Labute approximate surface area is 410 Å². The highest BCUT2D eigenvalue weighted by Crippen LogP contribution is 2.49. The first-order valence-corrected chi connectivity index (χ1v) is 25.3. The molecule has 6 rings (SSSR count). The third kappa shape index (κ3) is 12.0. The zero-order valence-corrected chi connectivity index (χ0v) is 43.1. The average Bonchev–Trinajstić information content (AvgIpc) is 3.90. The van der Waals surface area contributed by atoms with E-state index >= 15 is 0 Å². The number of allylic oxidation sites excluding steroid dienone is 3. The summed E-state index contributed by atoms with van der Waals surface area (Å²) in [5, 5.41) is 14.2. The number of Topliss-reactive ketones (excluding diaryl/α,β-unsaturated/α-hetero) is 1. The first-order valence-electron chi connectivity index (χ1n) is 24.0. The van der Waals surface area contributed by atoms with Crippen molar-refractivity contribution in [3.8, 4) is 0 Å². The van der Waals surface area contributed by atoms with Gasteiger partial charge in [0.05, 0.1) is 28.5 Å². The summed E-state index contributed by atoms with van der Waals surface area (Å²) in [6, 6.07) is 2.75. The quantitative estimate of drug-likeness (QED) is 0.128. The van der Waals surface area contributed by atoms with Crippen molar-refractivity contribution in [3.63, 3.8) is 0 Å². The second-order valence-electron chi connectivity index (χ2n) is 20.9. The molecule has 68 heavy (non-hydrogen) atoms. The van der Waals surface area contributed by atoms with Gasteiger partial charge >= 0.3 is 12.1 Å². The van der Waals surface area contributed by atoms with Gasteiger partial charge in [-0.25, -0.2) is 9.59 Å². The van der Waals surface area contributed by atoms with E-state index in [1.54, 1.807) is 27.8 Å². The fourth-order valence-corrected chi connectivity index (χ4v) is 11.8. The molecule has 374 valence electrons. The molecule has 1 aromatic rings. The number of imide groups is 1. The van der Waals surface area contributed by atoms with Crippen LogP contribution in [0.1, 0.15) is 124 Å². The van der Waals surface area contributed by atoms with Crippen LogP contribution < -0.4 is 10.2 Å². The first kappa shape index (κ1) is 53.1. The van der Waals surface area contributed by atoms with Gasteiger partial charge in [0.1, 0.15) is 35.4 Å². The molecule has 5 aliphatic rings. The zero-order valence-electron chi connectivity index (χ0n) is 41.5. The van der Waals surface area contributed by atoms with Crippen LogP contribution in [-0.2, 0) is 49.4 Å². The molecule has 4 heterocycles. The summed E-state index contributed by atoms with van der Waals surface area (Å²) in [5.41, 5.74) is 0.301. The number of aliphatic hydroxyl groups is 1. The molecule has 0 aromatic heterocycles. The van der Waals surface area contributed by atoms with Gasteiger partial charge in [-0.3, -0.25) is 34.2 Å². The number of aryl methyl sites for hydroxylation is 1. The number of fused-ring (bicyclic) bond motifs is 5. The molecule has 17 heteroatoms. The number of alkyl carbamates (subject to hydrolysis) is 1. The van der Waals surface area contributed by atoms with Crippen molar-refractivity contribution in [3.05, 3.63) is 52.1 Å². The minimum atomic E-state index is -1.64. The number of anilines is 1. The minimum Gasteiger partial charge on any atom is -0.457 e. The lowest BCUT2D eigenvalue weighted by molar-refractivity contribution is -0.162. The average molecular weight is 984 g/mol. The summed E-state index contributed by atoms with van der Waals surface area (Å²) in [5.74, 6) is -2.52. The Balaban J connectivity index is 1.14. The molecule has 9 unspecified atom stereocenters. The Kier molecular flexibility index (Phi) is 16.4. The lowest BCUT2D eigenvalue weighted by Gasteiger charge is -2.41. The number of amides is 5. The minimum absolute atomic E-state index is 0.0390. The van der Waals surface area contributed by atoms with Gasteiger partial charge in [-0.1, -0.05) is 69.2 Å². The van der Waals surface area contributed by atoms with Gasteiger partial charge in [-0.15, -0.1) is 11.8 Å². The zero-order chi connectivity index (χ0) is 50.2. The largest absolute Gasteiger partial charge is 0.457 e. The molecular formula is C51H71ClN4O11S. The van der Waals surface area contributed by atoms with Crippen molar-refractivity contribution in [2.24, 2.45) is 23.7 Å². The van der Waals surface area contributed by atoms with Crippen LogP contribution in [0.25, 0.3) is 0 Å². The number of likely N-dealkylation sites (tertiary alicyclic amines) is 1. The summed E-state index contributed by atoms with van der Waals surface area (Å²) in [4.78, 5) is 97.7. The number of hydrogen-bond donors (Lipinski definition) is 2. The van der Waals surface area contributed by atoms with Gasteiger partial charge in [0.15, 0.2) is 0 Å². The molecule has 9 atom stereocenters. The third-order valence-electron chi connectivity index (χ3n) is 15.1. The normalized spacial score (nSPS) is 33.1. The number of nitrogens with zero attached hydrogens (tertiary/aromatic N) is 3. The summed E-state index contributed by atoms with van der Waals surface area (Å²) >= 11 is 8.21. The number of benzene rings is 1. The van der Waals surface area contributed by atoms with E-state index < -0.39 is 75.5 Å². The predicted octanol–water partition coefficient (Wildman–Crippen LogP) is 7.25. The maximum atomic E-state index is 14.3. The van der Waals surface area contributed by atoms with E-state index in [1.165, 1.54) is 33.5 Å². The molecule has 4 bridgehead atoms. The lowest BCUT2D eigenvalue weighted by atomic mass is 9.80. The Bertz CT molecular complexity index is 2230. The number of likely N-dealkylation sites (N-methyl/N-ethyl adjacent to an activating group) is 1. The smallest absolute Gasteiger partial charge is 0.409 e. The monoisotopic (exact) mass is 982 g/mol. The van der Waals surface area contributed by atoms with Gasteiger partial charge in [0, 0.05) is 62.4 Å². The number of nitrogens with one attached hydrogen (secondary N) is 1. The molecule has 3 saturated heterocycles. The Morgan fingerprint density at radius 1 is 1.07 bits per heavy atom. The van der Waals surface area contributed by atoms with Crippen LogP contribution in [0.2, 0.25) is 5.02 Å². The number of thioether (sulfide) groups is 1. The standard InChI is InChI=1S/C51H71ClN4O11S/c1-28-13-12-14-30(3)51(64)26-38(65-48(63)53-51)31(4)45-50(9,67-45)40(25-42(59)55(11)37-23-35(21-28)22-29(2)44(37)52)66-47(62)32(5)54(10)41(58)19-20-49(7,8)68-39-24-43(60)56(46(39)61)27-34-15-17-36(18-16-34)33(6)57/h12-14,22-23,30-32,34,36,38-40,45,64H,15-21,24-27H2,1-11H3,(H,53,63)/b14-12+,28-13+. The van der Waals surface area contributed by atoms with Gasteiger partial charge in [0.2, 0.25) is 23.6 Å². The summed E-state index contributed by atoms with van der Waals surface area (Å²) in [6.07, 6.45) is 6.13. The highest BCUT2D eigenvalue weighted by molar-refractivity contribution is 8.02. The van der Waals surface area contributed by atoms with E-state index in [0.29, 0.717) is 30.1 Å². The van der Waals surface area contributed by atoms with Crippen LogP contribution in [0.5, 0.6) is 0 Å². The third-order valence-corrected chi connectivity index (χ3v) is 17.1. The van der Waals surface area contributed by atoms with Crippen LogP contribution in [-0.4, -0.2) is 123 Å². The highest BCUT2D eigenvalue weighted by atomic mass is 35.5. The van der Waals surface area contributed by atoms with Crippen molar-refractivity contribution in [2.75, 3.05) is 25.5 Å². The van der Waals surface area contributed by atoms with Crippen LogP contribution >= 0.6 is 23.4 Å². The van der Waals surface area contributed by atoms with Crippen LogP contribution in [0, 0.1) is 30.6 Å². The summed E-state index contributed by atoms with van der Waals surface area (Å²) in [6.45, 7) is 16.6. The fourth-order valence-electron chi connectivity index (χ4n) is 10.1. The SMILES string of the molecule is CC(=O)C1CCC(CN2C(=O)CC(SC(C)(C)CCC(=O)N(C)C(C)C(=O)OC3CC(=O)N(C)c4cc(cc(C)c4Cl)C/C(C)=C/C=C/C(C)C4(O)CC(OC(=O)N4)C(C)C4OC34C)C2=O)CC1. The number of epoxide rings is 1. The van der Waals surface area contributed by atoms with Crippen LogP contribution in [0.15, 0.2) is 35.9 Å². The van der Waals surface area contributed by atoms with Gasteiger partial charge in [-0.05, 0) is 96.3 Å². The van der Waals surface area contributed by atoms with Crippen molar-refractivity contribution < 1.29 is 52.9 Å². The van der Waals surface area contributed by atoms with Gasteiger partial charge in [0.25, 0.3) is 0 Å². The molecule has 4 aliphatic heterocycles. The summed E-state index contributed by atoms with van der Waals surface area (Å²) in [7, 11) is 3.12. The highest BCUT2D eigenvalue weighted by Gasteiger charge is 2.64. The number of hydrogen-bond acceptors (Lipinski definition) is 12. The van der Waals surface area contributed by atoms with E-state index in [-0.39, 0.29) is 61.0 Å². The van der Waals surface area contributed by atoms with E-state index in [2.05, 4.69) is 5.32 Å². The maximum absolute atomic E-state index is 14.3. The van der Waals surface area contributed by atoms with Crippen molar-refractivity contribution in [2.45, 2.75) is 172 Å². The van der Waals surface area contributed by atoms with E-state index in [9.17, 15) is 38.7 Å². The Hall–Kier alpha value is -4.25. The number of rotatable bonds is 11. The number of esters is 1. The van der Waals surface area contributed by atoms with Crippen LogP contribution in [0.4, 0.5) is 10.5 Å². The Morgan fingerprint density at radius 2 is 1.75 bits per heavy atom. The van der Waals surface area contributed by atoms with Crippen molar-refractivity contribution >= 4 is 70.5 Å². The van der Waals surface area contributed by atoms with Gasteiger partial charge in [-0.2, -0.15) is 0 Å². The number of carbonyl (C=O) groups is 7. The number of halogens is 1. The second kappa shape index (κ2) is 21.0. The molecule has 0 spiro atoms. The second-order valence-corrected chi connectivity index (χ2v) is 23.2. The maximum Gasteiger partial charge on any atom is 0.409 e. The van der Waals surface area contributed by atoms with Crippen molar-refractivity contribution in [1.82, 2.24) is 15.1 Å². The Morgan fingerprint density at radius 3 is 2.41 bits per heavy atom. The number of ketones is 1. The predicted molar refractivity (Wildman–Crippen MR) is 260 cm³/mol. The molecule has 4 fully saturated rings. The fraction of sp³-hybridized carbons (Fsp3) is 0.667. The number of ether oxygens (including phenoxy) is 3. The van der Waals surface area contributed by atoms with Crippen LogP contribution in [0.3, 0.4) is 0 Å². The molecule has 1 aromatic carbocycles. The molecule has 5 amide bonds. The first-order chi connectivity index (χ1) is 31.7.